The molecule has 0 bridgehead atoms. The molecule has 6 rings (SSSR count). The molecule has 0 amide bonds. The van der Waals surface area contributed by atoms with Crippen molar-refractivity contribution in [1.29, 1.82) is 5.26 Å². The number of nitrogens with zero attached hydrogens (tertiary/aromatic N) is 5. The summed E-state index contributed by atoms with van der Waals surface area (Å²) in [6.45, 7) is 3.33. The monoisotopic (exact) mass is 502 g/mol. The van der Waals surface area contributed by atoms with Gasteiger partial charge in [-0.05, 0) is 55.3 Å². The molecule has 2 fully saturated rings. The van der Waals surface area contributed by atoms with Gasteiger partial charge in [-0.3, -0.25) is 0 Å². The molecule has 1 N–H and O–H groups in total. The molecule has 4 aromatic rings. The highest BCUT2D eigenvalue weighted by Crippen LogP contribution is 2.44. The number of nitrogens with one attached hydrogen (secondary N) is 1. The third kappa shape index (κ3) is 4.16. The van der Waals surface area contributed by atoms with E-state index in [0.29, 0.717) is 38.1 Å². The Balaban J connectivity index is 1.48. The summed E-state index contributed by atoms with van der Waals surface area (Å²) in [6, 6.07) is 13.8. The van der Waals surface area contributed by atoms with Crippen molar-refractivity contribution in [2.24, 2.45) is 0 Å². The summed E-state index contributed by atoms with van der Waals surface area (Å²) in [5.41, 5.74) is 4.07. The Bertz CT molecular complexity index is 1480. The number of pyridine rings is 1. The molecule has 36 heavy (non-hydrogen) atoms. The number of thiazole rings is 1. The van der Waals surface area contributed by atoms with Crippen molar-refractivity contribution < 1.29 is 8.78 Å². The Morgan fingerprint density at radius 1 is 1.08 bits per heavy atom. The molecule has 2 aromatic carbocycles. The van der Waals surface area contributed by atoms with E-state index in [2.05, 4.69) is 16.3 Å². The molecule has 1 saturated carbocycles. The van der Waals surface area contributed by atoms with Crippen LogP contribution in [0, 0.1) is 23.0 Å². The first-order valence-electron chi connectivity index (χ1n) is 12.0. The first-order valence-corrected chi connectivity index (χ1v) is 12.8. The second-order valence-electron chi connectivity index (χ2n) is 9.25. The van der Waals surface area contributed by atoms with Crippen LogP contribution in [0.5, 0.6) is 0 Å². The number of nitriles is 1. The van der Waals surface area contributed by atoms with Crippen LogP contribution in [0.2, 0.25) is 0 Å². The van der Waals surface area contributed by atoms with E-state index in [9.17, 15) is 9.65 Å². The van der Waals surface area contributed by atoms with E-state index >= 15 is 4.39 Å². The van der Waals surface area contributed by atoms with Crippen molar-refractivity contribution in [2.45, 2.75) is 18.8 Å². The molecule has 0 spiro atoms. The number of anilines is 3. The lowest BCUT2D eigenvalue weighted by Crippen LogP contribution is -2.43. The predicted octanol–water partition coefficient (Wildman–Crippen LogP) is 5.56. The molecule has 1 aliphatic heterocycles. The average Bonchev–Trinajstić information content (AvgIpc) is 3.67. The van der Waals surface area contributed by atoms with Crippen LogP contribution in [0.15, 0.2) is 42.5 Å². The van der Waals surface area contributed by atoms with Gasteiger partial charge in [0.1, 0.15) is 28.0 Å². The van der Waals surface area contributed by atoms with E-state index in [0.717, 1.165) is 56.1 Å². The van der Waals surface area contributed by atoms with Crippen LogP contribution < -0.4 is 15.1 Å². The first-order chi connectivity index (χ1) is 17.5. The quantitative estimate of drug-likeness (QED) is 0.385. The molecule has 6 nitrogen and oxygen atoms in total. The number of hydrogen-bond acceptors (Lipinski definition) is 7. The third-order valence-corrected chi connectivity index (χ3v) is 7.85. The fraction of sp³-hybridized carbons (Fsp3) is 0.296. The van der Waals surface area contributed by atoms with Gasteiger partial charge in [-0.15, -0.1) is 0 Å². The molecule has 0 unspecified atom stereocenters. The van der Waals surface area contributed by atoms with Crippen molar-refractivity contribution in [3.05, 3.63) is 64.7 Å². The summed E-state index contributed by atoms with van der Waals surface area (Å²) in [7, 11) is 1.88. The zero-order valence-corrected chi connectivity index (χ0v) is 20.6. The van der Waals surface area contributed by atoms with E-state index in [-0.39, 0.29) is 11.6 Å². The van der Waals surface area contributed by atoms with Gasteiger partial charge in [0, 0.05) is 61.5 Å². The van der Waals surface area contributed by atoms with E-state index in [4.69, 9.17) is 9.97 Å². The number of hydrogen-bond donors (Lipinski definition) is 1. The average molecular weight is 503 g/mol. The van der Waals surface area contributed by atoms with Crippen LogP contribution in [-0.2, 0) is 0 Å². The smallest absolute Gasteiger partial charge is 0.191 e. The molecular weight excluding hydrogens is 478 g/mol. The van der Waals surface area contributed by atoms with E-state index in [1.54, 1.807) is 18.2 Å². The standard InChI is InChI=1S/C27H24F2N6S/c1-34(27-33-25(24(15-30)36-27)17-4-6-18(28)7-5-17)23-14-22(16-2-3-16)32-26-20(23)12-19(13-21(26)29)35-10-8-31-9-11-35/h4-7,12-14,16,31H,2-3,8-11H2,1H3. The second-order valence-corrected chi connectivity index (χ2v) is 10.2. The molecule has 9 heteroatoms. The first kappa shape index (κ1) is 22.8. The van der Waals surface area contributed by atoms with Gasteiger partial charge >= 0.3 is 0 Å². The zero-order valence-electron chi connectivity index (χ0n) is 19.8. The van der Waals surface area contributed by atoms with Gasteiger partial charge in [0.05, 0.1) is 5.69 Å². The van der Waals surface area contributed by atoms with E-state index < -0.39 is 0 Å². The van der Waals surface area contributed by atoms with Crippen molar-refractivity contribution in [1.82, 2.24) is 15.3 Å². The van der Waals surface area contributed by atoms with Gasteiger partial charge in [0.2, 0.25) is 0 Å². The van der Waals surface area contributed by atoms with E-state index in [1.165, 1.54) is 23.5 Å². The number of halogens is 2. The van der Waals surface area contributed by atoms with Crippen LogP contribution in [-0.4, -0.2) is 43.2 Å². The summed E-state index contributed by atoms with van der Waals surface area (Å²) in [4.78, 5) is 14.0. The van der Waals surface area contributed by atoms with Crippen LogP contribution in [0.25, 0.3) is 22.2 Å². The Hall–Kier alpha value is -3.61. The minimum absolute atomic E-state index is 0.331. The SMILES string of the molecule is CN(c1nc(-c2ccc(F)cc2)c(C#N)s1)c1cc(C2CC2)nc2c(F)cc(N3CCNCC3)cc12. The molecule has 2 aliphatic rings. The highest BCUT2D eigenvalue weighted by Gasteiger charge is 2.28. The van der Waals surface area contributed by atoms with Crippen LogP contribution in [0.1, 0.15) is 29.3 Å². The van der Waals surface area contributed by atoms with Crippen molar-refractivity contribution in [3.63, 3.8) is 0 Å². The number of piperazine rings is 1. The molecule has 3 heterocycles. The van der Waals surface area contributed by atoms with Crippen LogP contribution in [0.4, 0.5) is 25.3 Å². The van der Waals surface area contributed by atoms with Gasteiger partial charge in [0.25, 0.3) is 0 Å². The maximum absolute atomic E-state index is 15.5. The molecule has 0 atom stereocenters. The number of rotatable bonds is 5. The predicted molar refractivity (Wildman–Crippen MR) is 139 cm³/mol. The van der Waals surface area contributed by atoms with Gasteiger partial charge in [0.15, 0.2) is 10.9 Å². The maximum atomic E-state index is 15.5. The summed E-state index contributed by atoms with van der Waals surface area (Å²) in [5, 5.41) is 14.4. The van der Waals surface area contributed by atoms with Gasteiger partial charge in [-0.25, -0.2) is 18.7 Å². The van der Waals surface area contributed by atoms with Crippen LogP contribution in [0.3, 0.4) is 0 Å². The Morgan fingerprint density at radius 2 is 1.83 bits per heavy atom. The highest BCUT2D eigenvalue weighted by molar-refractivity contribution is 7.16. The Morgan fingerprint density at radius 3 is 2.53 bits per heavy atom. The molecule has 0 radical (unpaired) electrons. The zero-order chi connectivity index (χ0) is 24.8. The van der Waals surface area contributed by atoms with Crippen molar-refractivity contribution in [3.8, 4) is 17.3 Å². The van der Waals surface area contributed by atoms with Gasteiger partial charge in [-0.1, -0.05) is 11.3 Å². The topological polar surface area (TPSA) is 68.1 Å². The fourth-order valence-corrected chi connectivity index (χ4v) is 5.54. The lowest BCUT2D eigenvalue weighted by molar-refractivity contribution is 0.586. The maximum Gasteiger partial charge on any atom is 0.191 e. The lowest BCUT2D eigenvalue weighted by Gasteiger charge is -2.30. The molecule has 1 saturated heterocycles. The number of fused-ring (bicyclic) bond motifs is 1. The minimum atomic E-state index is -0.344. The Labute approximate surface area is 211 Å². The summed E-state index contributed by atoms with van der Waals surface area (Å²) < 4.78 is 28.9. The minimum Gasteiger partial charge on any atom is -0.369 e. The van der Waals surface area contributed by atoms with Crippen molar-refractivity contribution in [2.75, 3.05) is 43.0 Å². The molecule has 182 valence electrons. The third-order valence-electron chi connectivity index (χ3n) is 6.81. The molecular formula is C27H24F2N6S. The summed E-state index contributed by atoms with van der Waals surface area (Å²) >= 11 is 1.26. The summed E-state index contributed by atoms with van der Waals surface area (Å²) in [6.07, 6.45) is 2.10. The highest BCUT2D eigenvalue weighted by atomic mass is 32.1. The van der Waals surface area contributed by atoms with Gasteiger partial charge in [-0.2, -0.15) is 5.26 Å². The Kier molecular flexibility index (Phi) is 5.78. The molecule has 2 aromatic heterocycles. The number of aromatic nitrogens is 2. The normalized spacial score (nSPS) is 15.8. The second kappa shape index (κ2) is 9.12. The van der Waals surface area contributed by atoms with E-state index in [1.807, 2.05) is 24.1 Å². The number of benzene rings is 2. The van der Waals surface area contributed by atoms with Crippen molar-refractivity contribution >= 4 is 38.7 Å². The van der Waals surface area contributed by atoms with Gasteiger partial charge < -0.3 is 15.1 Å². The lowest BCUT2D eigenvalue weighted by atomic mass is 10.1. The van der Waals surface area contributed by atoms with Crippen LogP contribution >= 0.6 is 11.3 Å². The summed E-state index contributed by atoms with van der Waals surface area (Å²) in [5.74, 6) is -0.334. The largest absolute Gasteiger partial charge is 0.369 e. The fourth-order valence-electron chi connectivity index (χ4n) is 4.68. The molecule has 1 aliphatic carbocycles.